The number of esters is 2. The number of hydroxylamine groups is 2. The number of likely N-dealkylation sites (tertiary alicyclic amines) is 1. The molecule has 6 N–H and O–H groups in total. The van der Waals surface area contributed by atoms with Crippen LogP contribution >= 0.6 is 0 Å². The molecule has 386 valence electrons. The van der Waals surface area contributed by atoms with Crippen molar-refractivity contribution in [2.45, 2.75) is 209 Å². The lowest BCUT2D eigenvalue weighted by molar-refractivity contribution is -0.298. The van der Waals surface area contributed by atoms with Gasteiger partial charge in [0.2, 0.25) is 11.8 Å². The van der Waals surface area contributed by atoms with E-state index in [-0.39, 0.29) is 39.0 Å². The third-order valence-corrected chi connectivity index (χ3v) is 14.4. The summed E-state index contributed by atoms with van der Waals surface area (Å²) in [6.07, 6.45) is 0.881. The molecule has 2 bridgehead atoms. The molecular formula is C50H75N3O16. The molecule has 7 rings (SSSR count). The van der Waals surface area contributed by atoms with Crippen LogP contribution in [0.25, 0.3) is 6.08 Å². The molecule has 1 aromatic rings. The van der Waals surface area contributed by atoms with Crippen LogP contribution in [0.4, 0.5) is 0 Å². The van der Waals surface area contributed by atoms with Crippen LogP contribution in [-0.4, -0.2) is 170 Å². The van der Waals surface area contributed by atoms with Gasteiger partial charge in [-0.05, 0) is 64.0 Å². The minimum Gasteiger partial charge on any atom is -0.460 e. The number of aliphatic hydroxyl groups is 5. The predicted octanol–water partition coefficient (Wildman–Crippen LogP) is 2.55. The second-order valence-corrected chi connectivity index (χ2v) is 20.5. The van der Waals surface area contributed by atoms with Gasteiger partial charge in [0.15, 0.2) is 18.1 Å². The van der Waals surface area contributed by atoms with E-state index < -0.39 is 127 Å². The number of benzene rings is 1. The zero-order chi connectivity index (χ0) is 49.7. The number of fused-ring (bicyclic) bond motifs is 4. The summed E-state index contributed by atoms with van der Waals surface area (Å²) in [5.41, 5.74) is -0.818. The first-order chi connectivity index (χ1) is 33.0. The largest absolute Gasteiger partial charge is 0.460 e. The average Bonchev–Trinajstić information content (AvgIpc) is 4.05. The van der Waals surface area contributed by atoms with E-state index in [2.05, 4.69) is 19.2 Å². The van der Waals surface area contributed by atoms with Crippen LogP contribution in [0, 0.1) is 5.41 Å². The number of amides is 2. The van der Waals surface area contributed by atoms with Crippen molar-refractivity contribution < 1.29 is 78.0 Å². The molecule has 5 aliphatic heterocycles. The van der Waals surface area contributed by atoms with Crippen LogP contribution in [0.2, 0.25) is 0 Å². The van der Waals surface area contributed by atoms with Gasteiger partial charge < -0.3 is 64.2 Å². The summed E-state index contributed by atoms with van der Waals surface area (Å²) in [5.74, 6) is -2.99. The fourth-order valence-electron chi connectivity index (χ4n) is 11.0. The van der Waals surface area contributed by atoms with Gasteiger partial charge in [-0.2, -0.15) is 5.06 Å². The highest BCUT2D eigenvalue weighted by Gasteiger charge is 2.77. The number of unbranched alkanes of at least 4 members (excludes halogenated alkanes) is 4. The molecule has 19 heteroatoms. The highest BCUT2D eigenvalue weighted by atomic mass is 16.8. The predicted molar refractivity (Wildman–Crippen MR) is 246 cm³/mol. The normalized spacial score (nSPS) is 33.3. The molecule has 19 nitrogen and oxygen atoms in total. The number of hydrogen-bond acceptors (Lipinski definition) is 17. The molecule has 0 spiro atoms. The first-order valence-electron chi connectivity index (χ1n) is 25.1. The van der Waals surface area contributed by atoms with E-state index >= 15 is 4.79 Å². The van der Waals surface area contributed by atoms with Gasteiger partial charge in [-0.3, -0.25) is 24.0 Å². The summed E-state index contributed by atoms with van der Waals surface area (Å²) in [6, 6.07) is 4.45. The van der Waals surface area contributed by atoms with Crippen molar-refractivity contribution in [2.75, 3.05) is 26.4 Å². The molecule has 0 radical (unpaired) electrons. The van der Waals surface area contributed by atoms with Crippen LogP contribution in [0.5, 0.6) is 0 Å². The Bertz CT molecular complexity index is 1950. The van der Waals surface area contributed by atoms with Gasteiger partial charge in [-0.15, -0.1) is 0 Å². The van der Waals surface area contributed by atoms with Gasteiger partial charge in [0.05, 0.1) is 32.4 Å². The molecule has 1 saturated carbocycles. The molecular weight excluding hydrogens is 899 g/mol. The number of carbonyl (C=O) groups is 4. The van der Waals surface area contributed by atoms with Crippen LogP contribution in [0.3, 0.4) is 0 Å². The molecule has 5 saturated heterocycles. The van der Waals surface area contributed by atoms with Gasteiger partial charge in [-0.1, -0.05) is 75.9 Å². The minimum atomic E-state index is -1.59. The number of hydrogen-bond donors (Lipinski definition) is 6. The van der Waals surface area contributed by atoms with Crippen molar-refractivity contribution >= 4 is 29.8 Å². The second-order valence-electron chi connectivity index (χ2n) is 20.5. The zero-order valence-electron chi connectivity index (χ0n) is 40.7. The molecule has 6 aliphatic rings. The van der Waals surface area contributed by atoms with E-state index in [0.717, 1.165) is 38.5 Å². The topological polar surface area (TPSA) is 253 Å². The monoisotopic (exact) mass is 974 g/mol. The number of ether oxygens (including phenoxy) is 6. The fourth-order valence-corrected chi connectivity index (χ4v) is 11.0. The summed E-state index contributed by atoms with van der Waals surface area (Å²) in [4.78, 5) is 65.5. The van der Waals surface area contributed by atoms with Crippen molar-refractivity contribution in [3.63, 3.8) is 0 Å². The fraction of sp³-hybridized carbons (Fsp3) is 0.760. The molecule has 0 aromatic heterocycles. The zero-order valence-corrected chi connectivity index (χ0v) is 40.7. The van der Waals surface area contributed by atoms with E-state index in [1.165, 1.54) is 9.96 Å². The molecule has 13 atom stereocenters. The Kier molecular flexibility index (Phi) is 17.6. The van der Waals surface area contributed by atoms with Crippen molar-refractivity contribution in [2.24, 2.45) is 5.41 Å². The summed E-state index contributed by atoms with van der Waals surface area (Å²) < 4.78 is 36.9. The molecule has 1 aromatic carbocycles. The maximum atomic E-state index is 15.7. The lowest BCUT2D eigenvalue weighted by atomic mass is 9.62. The lowest BCUT2D eigenvalue weighted by Gasteiger charge is -2.50. The lowest BCUT2D eigenvalue weighted by Crippen LogP contribution is -2.70. The molecule has 69 heavy (non-hydrogen) atoms. The Morgan fingerprint density at radius 1 is 0.971 bits per heavy atom. The maximum Gasteiger partial charge on any atom is 0.327 e. The number of nitrogens with one attached hydrogen (secondary N) is 1. The van der Waals surface area contributed by atoms with Gasteiger partial charge >= 0.3 is 11.9 Å². The van der Waals surface area contributed by atoms with E-state index in [0.29, 0.717) is 36.8 Å². The number of carbonyl (C=O) groups excluding carboxylic acids is 4. The van der Waals surface area contributed by atoms with Crippen LogP contribution in [0.1, 0.15) is 129 Å². The Morgan fingerprint density at radius 3 is 2.36 bits per heavy atom. The third kappa shape index (κ3) is 11.5. The third-order valence-electron chi connectivity index (χ3n) is 14.4. The van der Waals surface area contributed by atoms with E-state index in [1.807, 2.05) is 24.3 Å². The van der Waals surface area contributed by atoms with Crippen molar-refractivity contribution in [3.8, 4) is 0 Å². The molecule has 2 unspecified atom stereocenters. The van der Waals surface area contributed by atoms with Gasteiger partial charge in [0, 0.05) is 32.2 Å². The van der Waals surface area contributed by atoms with Crippen LogP contribution in [-0.2, 0) is 59.0 Å². The summed E-state index contributed by atoms with van der Waals surface area (Å²) in [6.45, 7) is 8.70. The first kappa shape index (κ1) is 53.2. The van der Waals surface area contributed by atoms with Gasteiger partial charge in [0.1, 0.15) is 65.9 Å². The smallest absolute Gasteiger partial charge is 0.327 e. The van der Waals surface area contributed by atoms with E-state index in [4.69, 9.17) is 33.3 Å². The average molecular weight is 974 g/mol. The number of nitrogens with zero attached hydrogens (tertiary/aromatic N) is 2. The maximum absolute atomic E-state index is 15.7. The molecule has 1 aliphatic carbocycles. The summed E-state index contributed by atoms with van der Waals surface area (Å²) in [7, 11) is 0. The summed E-state index contributed by atoms with van der Waals surface area (Å²) >= 11 is 0. The van der Waals surface area contributed by atoms with Crippen molar-refractivity contribution in [1.82, 2.24) is 15.3 Å². The van der Waals surface area contributed by atoms with Gasteiger partial charge in [0.25, 0.3) is 0 Å². The van der Waals surface area contributed by atoms with E-state index in [9.17, 15) is 39.9 Å². The first-order valence-corrected chi connectivity index (χ1v) is 25.1. The second kappa shape index (κ2) is 22.9. The Balaban J connectivity index is 1.16. The van der Waals surface area contributed by atoms with Crippen molar-refractivity contribution in [1.29, 1.82) is 0 Å². The Labute approximate surface area is 404 Å². The van der Waals surface area contributed by atoms with Crippen molar-refractivity contribution in [3.05, 3.63) is 41.5 Å². The van der Waals surface area contributed by atoms with E-state index in [1.54, 1.807) is 32.9 Å². The molecule has 5 heterocycles. The van der Waals surface area contributed by atoms with Gasteiger partial charge in [-0.25, -0.2) is 0 Å². The Hall–Kier alpha value is -3.60. The standard InChI is InChI=1S/C50H75N3O16/c1-6-8-12-22-49(23-13-9-7-2)67-40-34-26-50(47(62)52-24-14-19-33(52)44(60)51-32(28-54)20-21-36(56)66-48(3,4)5)42(45(61)64-34)53(69-43(50)41(40)68-49)27-31-17-11-10-16-30(31)18-15-25-63-46-39(59)38(58)37(57)35(29-55)65-46/h10-11,15-18,32-35,37-43,46,54-55,57-59H,6-9,12-14,19-29H2,1-5H3,(H,51,60)/t32-,33+,34?,35+,37-,38-,39+,40-,41-,42-,43+,46-,50?/m0/s1. The summed E-state index contributed by atoms with van der Waals surface area (Å²) in [5, 5.41) is 55.1. The quantitative estimate of drug-likeness (QED) is 0.0722. The number of rotatable bonds is 22. The Morgan fingerprint density at radius 2 is 1.68 bits per heavy atom. The molecule has 2 amide bonds. The highest BCUT2D eigenvalue weighted by molar-refractivity contribution is 5.96. The SMILES string of the molecule is CCCCCC1(CCCCC)O[C@@H]2[C@H]3ON(Cc4ccccc4C=CCO[C@H]4O[C@H](CO)[C@H](O)[C@H](O)[C@H]4O)[C@H]4C(=O)OC(CC34C(=O)N3CCC[C@@H]3C(=O)N[C@H](CO)CCC(=O)OC(C)(C)C)[C@@H]2O1. The van der Waals surface area contributed by atoms with Crippen LogP contribution < -0.4 is 5.32 Å². The minimum absolute atomic E-state index is 0.0280. The molecule has 6 fully saturated rings. The number of aliphatic hydroxyl groups excluding tert-OH is 5. The van der Waals surface area contributed by atoms with Crippen LogP contribution in [0.15, 0.2) is 30.3 Å². The highest BCUT2D eigenvalue weighted by Crippen LogP contribution is 2.59.